The van der Waals surface area contributed by atoms with Crippen LogP contribution in [0.3, 0.4) is 0 Å². The van der Waals surface area contributed by atoms with Crippen molar-refractivity contribution in [1.82, 2.24) is 4.98 Å². The average Bonchev–Trinajstić information content (AvgIpc) is 2.56. The number of fused-ring (bicyclic) bond motifs is 1. The smallest absolute Gasteiger partial charge is 0.354 e. The molecule has 16 heavy (non-hydrogen) atoms. The third-order valence-corrected chi connectivity index (χ3v) is 2.47. The summed E-state index contributed by atoms with van der Waals surface area (Å²) in [7, 11) is 1.23. The van der Waals surface area contributed by atoms with Crippen molar-refractivity contribution in [2.45, 2.75) is 6.92 Å². The van der Waals surface area contributed by atoms with Gasteiger partial charge in [0.2, 0.25) is 0 Å². The van der Waals surface area contributed by atoms with E-state index in [4.69, 9.17) is 0 Å². The highest BCUT2D eigenvalue weighted by atomic mass is 19.1. The maximum absolute atomic E-state index is 13.4. The number of hydrogen-bond acceptors (Lipinski definition) is 2. The molecule has 2 rings (SSSR count). The molecule has 0 spiro atoms. The van der Waals surface area contributed by atoms with Crippen LogP contribution >= 0.6 is 0 Å². The monoisotopic (exact) mass is 225 g/mol. The molecule has 0 saturated heterocycles. The van der Waals surface area contributed by atoms with Crippen LogP contribution < -0.4 is 0 Å². The number of halogens is 2. The normalized spacial score (nSPS) is 10.8. The van der Waals surface area contributed by atoms with E-state index in [0.29, 0.717) is 10.9 Å². The Balaban J connectivity index is 2.77. The molecule has 1 heterocycles. The van der Waals surface area contributed by atoms with Gasteiger partial charge in [0.15, 0.2) is 0 Å². The van der Waals surface area contributed by atoms with E-state index >= 15 is 0 Å². The molecule has 1 aromatic carbocycles. The molecule has 0 amide bonds. The van der Waals surface area contributed by atoms with Crippen LogP contribution in [0.2, 0.25) is 0 Å². The van der Waals surface area contributed by atoms with Gasteiger partial charge in [-0.25, -0.2) is 13.6 Å². The topological polar surface area (TPSA) is 42.1 Å². The zero-order chi connectivity index (χ0) is 11.9. The van der Waals surface area contributed by atoms with E-state index in [1.165, 1.54) is 13.2 Å². The van der Waals surface area contributed by atoms with Gasteiger partial charge in [-0.05, 0) is 18.6 Å². The average molecular weight is 225 g/mol. The fraction of sp³-hybridized carbons (Fsp3) is 0.182. The molecule has 3 nitrogen and oxygen atoms in total. The molecule has 0 aliphatic rings. The minimum atomic E-state index is -0.728. The summed E-state index contributed by atoms with van der Waals surface area (Å²) in [6, 6.07) is 1.94. The van der Waals surface area contributed by atoms with E-state index in [0.717, 1.165) is 6.07 Å². The standard InChI is InChI=1S/C11H9F2NO2/c1-5-7-3-6(12)4-8(13)10(7)14-9(5)11(15)16-2/h3-4,14H,1-2H3. The van der Waals surface area contributed by atoms with Crippen LogP contribution in [0, 0.1) is 18.6 Å². The van der Waals surface area contributed by atoms with Gasteiger partial charge in [-0.3, -0.25) is 0 Å². The molecule has 0 aliphatic heterocycles. The van der Waals surface area contributed by atoms with E-state index in [1.54, 1.807) is 6.92 Å². The van der Waals surface area contributed by atoms with E-state index < -0.39 is 17.6 Å². The highest BCUT2D eigenvalue weighted by molar-refractivity contribution is 5.98. The van der Waals surface area contributed by atoms with Gasteiger partial charge in [-0.15, -0.1) is 0 Å². The molecule has 0 saturated carbocycles. The van der Waals surface area contributed by atoms with Crippen LogP contribution in [0.1, 0.15) is 16.1 Å². The first-order valence-electron chi connectivity index (χ1n) is 4.60. The van der Waals surface area contributed by atoms with Gasteiger partial charge in [0.25, 0.3) is 0 Å². The van der Waals surface area contributed by atoms with Crippen LogP contribution in [0.15, 0.2) is 12.1 Å². The lowest BCUT2D eigenvalue weighted by atomic mass is 10.1. The van der Waals surface area contributed by atoms with E-state index in [-0.39, 0.29) is 11.2 Å². The van der Waals surface area contributed by atoms with Crippen LogP contribution in [0.4, 0.5) is 8.78 Å². The number of benzene rings is 1. The number of H-pyrrole nitrogens is 1. The molecule has 0 aliphatic carbocycles. The molecule has 2 aromatic rings. The Bertz CT molecular complexity index is 575. The molecule has 0 fully saturated rings. The number of methoxy groups -OCH3 is 1. The van der Waals surface area contributed by atoms with Gasteiger partial charge in [0, 0.05) is 11.5 Å². The fourth-order valence-electron chi connectivity index (χ4n) is 1.66. The van der Waals surface area contributed by atoms with E-state index in [2.05, 4.69) is 9.72 Å². The molecule has 0 radical (unpaired) electrons. The molecular weight excluding hydrogens is 216 g/mol. The zero-order valence-corrected chi connectivity index (χ0v) is 8.73. The quantitative estimate of drug-likeness (QED) is 0.758. The first-order chi connectivity index (χ1) is 7.54. The van der Waals surface area contributed by atoms with Gasteiger partial charge in [0.05, 0.1) is 12.6 Å². The third-order valence-electron chi connectivity index (χ3n) is 2.47. The summed E-state index contributed by atoms with van der Waals surface area (Å²) in [5.41, 5.74) is 0.724. The molecule has 84 valence electrons. The minimum Gasteiger partial charge on any atom is -0.464 e. The van der Waals surface area contributed by atoms with Crippen LogP contribution in [0.25, 0.3) is 10.9 Å². The number of carbonyl (C=O) groups is 1. The Labute approximate surface area is 90.0 Å². The number of esters is 1. The second-order valence-corrected chi connectivity index (χ2v) is 3.43. The summed E-state index contributed by atoms with van der Waals surface area (Å²) in [6.45, 7) is 1.60. The predicted octanol–water partition coefficient (Wildman–Crippen LogP) is 2.54. The Morgan fingerprint density at radius 1 is 1.38 bits per heavy atom. The van der Waals surface area contributed by atoms with Crippen molar-refractivity contribution in [3.05, 3.63) is 35.0 Å². The number of rotatable bonds is 1. The number of nitrogens with one attached hydrogen (secondary N) is 1. The van der Waals surface area contributed by atoms with Gasteiger partial charge in [0.1, 0.15) is 17.3 Å². The lowest BCUT2D eigenvalue weighted by Crippen LogP contribution is -2.03. The zero-order valence-electron chi connectivity index (χ0n) is 8.73. The van der Waals surface area contributed by atoms with Crippen molar-refractivity contribution in [1.29, 1.82) is 0 Å². The van der Waals surface area contributed by atoms with Gasteiger partial charge < -0.3 is 9.72 Å². The lowest BCUT2D eigenvalue weighted by Gasteiger charge is -1.96. The van der Waals surface area contributed by atoms with E-state index in [9.17, 15) is 13.6 Å². The Hall–Kier alpha value is -1.91. The summed E-state index contributed by atoms with van der Waals surface area (Å²) in [6.07, 6.45) is 0. The Kier molecular flexibility index (Phi) is 2.38. The van der Waals surface area contributed by atoms with Crippen molar-refractivity contribution in [2.24, 2.45) is 0 Å². The van der Waals surface area contributed by atoms with Crippen molar-refractivity contribution in [3.63, 3.8) is 0 Å². The Morgan fingerprint density at radius 2 is 2.06 bits per heavy atom. The van der Waals surface area contributed by atoms with Crippen molar-refractivity contribution < 1.29 is 18.3 Å². The Morgan fingerprint density at radius 3 is 2.69 bits per heavy atom. The summed E-state index contributed by atoms with van der Waals surface area (Å²) < 4.78 is 30.9. The van der Waals surface area contributed by atoms with Gasteiger partial charge in [-0.2, -0.15) is 0 Å². The van der Waals surface area contributed by atoms with Gasteiger partial charge >= 0.3 is 5.97 Å². The lowest BCUT2D eigenvalue weighted by molar-refractivity contribution is 0.0594. The maximum atomic E-state index is 13.4. The summed E-state index contributed by atoms with van der Waals surface area (Å²) in [5.74, 6) is -2.01. The molecule has 0 atom stereocenters. The third kappa shape index (κ3) is 1.44. The summed E-state index contributed by atoms with van der Waals surface area (Å²) in [5, 5.41) is 0.345. The summed E-state index contributed by atoms with van der Waals surface area (Å²) in [4.78, 5) is 13.9. The first kappa shape index (κ1) is 10.6. The number of aryl methyl sites for hydroxylation is 1. The van der Waals surface area contributed by atoms with Crippen molar-refractivity contribution in [2.75, 3.05) is 7.11 Å². The van der Waals surface area contributed by atoms with Gasteiger partial charge in [-0.1, -0.05) is 0 Å². The molecule has 0 unspecified atom stereocenters. The first-order valence-corrected chi connectivity index (χ1v) is 4.60. The second-order valence-electron chi connectivity index (χ2n) is 3.43. The van der Waals surface area contributed by atoms with Crippen LogP contribution in [-0.2, 0) is 4.74 Å². The highest BCUT2D eigenvalue weighted by Gasteiger charge is 2.17. The van der Waals surface area contributed by atoms with E-state index in [1.807, 2.05) is 0 Å². The number of aromatic amines is 1. The molecular formula is C11H9F2NO2. The minimum absolute atomic E-state index is 0.110. The SMILES string of the molecule is COC(=O)c1[nH]c2c(F)cc(F)cc2c1C. The maximum Gasteiger partial charge on any atom is 0.354 e. The highest BCUT2D eigenvalue weighted by Crippen LogP contribution is 2.25. The van der Waals surface area contributed by atoms with Crippen LogP contribution in [-0.4, -0.2) is 18.1 Å². The number of ether oxygens (including phenoxy) is 1. The number of carbonyl (C=O) groups excluding carboxylic acids is 1. The van der Waals surface area contributed by atoms with Crippen LogP contribution in [0.5, 0.6) is 0 Å². The number of hydrogen-bond donors (Lipinski definition) is 1. The molecule has 1 N–H and O–H groups in total. The fourth-order valence-corrected chi connectivity index (χ4v) is 1.66. The van der Waals surface area contributed by atoms with Crippen molar-refractivity contribution in [3.8, 4) is 0 Å². The second kappa shape index (κ2) is 3.59. The summed E-state index contributed by atoms with van der Waals surface area (Å²) >= 11 is 0. The predicted molar refractivity (Wildman–Crippen MR) is 54.3 cm³/mol. The van der Waals surface area contributed by atoms with Crippen molar-refractivity contribution >= 4 is 16.9 Å². The molecule has 1 aromatic heterocycles. The molecule has 0 bridgehead atoms. The molecule has 5 heteroatoms. The number of aromatic nitrogens is 1. The largest absolute Gasteiger partial charge is 0.464 e.